The molecule has 1 aliphatic heterocycles. The summed E-state index contributed by atoms with van der Waals surface area (Å²) in [5.41, 5.74) is 2.98. The molecule has 0 aromatic carbocycles. The van der Waals surface area contributed by atoms with Gasteiger partial charge in [0.1, 0.15) is 0 Å². The quantitative estimate of drug-likeness (QED) is 0.547. The highest BCUT2D eigenvalue weighted by Gasteiger charge is 2.66. The van der Waals surface area contributed by atoms with Crippen LogP contribution in [0.1, 0.15) is 51.9 Å². The van der Waals surface area contributed by atoms with E-state index in [-0.39, 0.29) is 0 Å². The van der Waals surface area contributed by atoms with Gasteiger partial charge >= 0.3 is 0 Å². The highest BCUT2D eigenvalue weighted by molar-refractivity contribution is 5.92. The van der Waals surface area contributed by atoms with Crippen molar-refractivity contribution < 1.29 is 10.0 Å². The SMILES string of the molecule is CN1CC2C(CC[C@]3(C)C/C(=N/O)CC23)[C@H]2C[C@@]23CCC(=O)C=C13. The van der Waals surface area contributed by atoms with Crippen LogP contribution in [0.5, 0.6) is 0 Å². The molecule has 3 unspecified atom stereocenters. The molecular formula is C20H28N2O2. The molecule has 0 amide bonds. The predicted molar refractivity (Wildman–Crippen MR) is 91.8 cm³/mol. The zero-order valence-electron chi connectivity index (χ0n) is 14.8. The second-order valence-corrected chi connectivity index (χ2v) is 9.52. The van der Waals surface area contributed by atoms with Gasteiger partial charge in [-0.2, -0.15) is 0 Å². The Morgan fingerprint density at radius 1 is 1.29 bits per heavy atom. The molecule has 5 aliphatic rings. The molecule has 0 radical (unpaired) electrons. The Morgan fingerprint density at radius 2 is 2.12 bits per heavy atom. The molecule has 24 heavy (non-hydrogen) atoms. The maximum absolute atomic E-state index is 12.0. The number of rotatable bonds is 0. The Balaban J connectivity index is 1.53. The van der Waals surface area contributed by atoms with Crippen LogP contribution in [-0.2, 0) is 4.79 Å². The van der Waals surface area contributed by atoms with Crippen LogP contribution in [0, 0.1) is 34.5 Å². The van der Waals surface area contributed by atoms with Crippen LogP contribution >= 0.6 is 0 Å². The number of allylic oxidation sites excluding steroid dienone is 2. The van der Waals surface area contributed by atoms with Crippen LogP contribution in [0.15, 0.2) is 16.9 Å². The van der Waals surface area contributed by atoms with Crippen molar-refractivity contribution in [1.82, 2.24) is 4.90 Å². The number of fused-ring (bicyclic) bond motifs is 4. The molecule has 1 spiro atoms. The lowest BCUT2D eigenvalue weighted by atomic mass is 9.59. The van der Waals surface area contributed by atoms with Crippen LogP contribution in [0.25, 0.3) is 0 Å². The first kappa shape index (κ1) is 15.0. The molecule has 3 saturated carbocycles. The number of hydrogen-bond acceptors (Lipinski definition) is 4. The molecule has 0 bridgehead atoms. The summed E-state index contributed by atoms with van der Waals surface area (Å²) in [6.07, 6.45) is 9.61. The van der Waals surface area contributed by atoms with E-state index in [1.165, 1.54) is 25.0 Å². The van der Waals surface area contributed by atoms with Gasteiger partial charge in [-0.15, -0.1) is 0 Å². The molecule has 6 atom stereocenters. The Bertz CT molecular complexity index is 669. The van der Waals surface area contributed by atoms with E-state index < -0.39 is 0 Å². The zero-order chi connectivity index (χ0) is 16.7. The van der Waals surface area contributed by atoms with Crippen molar-refractivity contribution in [3.8, 4) is 0 Å². The van der Waals surface area contributed by atoms with Crippen LogP contribution in [0.3, 0.4) is 0 Å². The van der Waals surface area contributed by atoms with Crippen LogP contribution in [-0.4, -0.2) is 35.2 Å². The molecule has 1 saturated heterocycles. The van der Waals surface area contributed by atoms with Crippen molar-refractivity contribution in [1.29, 1.82) is 0 Å². The third kappa shape index (κ3) is 1.80. The first-order valence-electron chi connectivity index (χ1n) is 9.63. The van der Waals surface area contributed by atoms with Gasteiger partial charge in [0.25, 0.3) is 0 Å². The molecule has 4 heteroatoms. The molecule has 1 heterocycles. The maximum Gasteiger partial charge on any atom is 0.157 e. The van der Waals surface area contributed by atoms with E-state index in [4.69, 9.17) is 0 Å². The molecule has 0 aromatic heterocycles. The van der Waals surface area contributed by atoms with E-state index in [0.717, 1.165) is 49.8 Å². The van der Waals surface area contributed by atoms with Gasteiger partial charge in [0, 0.05) is 37.2 Å². The van der Waals surface area contributed by atoms with Crippen molar-refractivity contribution in [2.24, 2.45) is 39.7 Å². The van der Waals surface area contributed by atoms with Gasteiger partial charge in [-0.1, -0.05) is 12.1 Å². The van der Waals surface area contributed by atoms with Gasteiger partial charge in [0.15, 0.2) is 5.78 Å². The van der Waals surface area contributed by atoms with Crippen molar-refractivity contribution in [2.75, 3.05) is 13.6 Å². The van der Waals surface area contributed by atoms with Crippen LogP contribution < -0.4 is 0 Å². The Morgan fingerprint density at radius 3 is 2.92 bits per heavy atom. The van der Waals surface area contributed by atoms with E-state index in [0.29, 0.717) is 28.4 Å². The summed E-state index contributed by atoms with van der Waals surface area (Å²) < 4.78 is 0. The van der Waals surface area contributed by atoms with E-state index in [9.17, 15) is 10.0 Å². The minimum Gasteiger partial charge on any atom is -0.411 e. The largest absolute Gasteiger partial charge is 0.411 e. The van der Waals surface area contributed by atoms with Crippen molar-refractivity contribution in [3.05, 3.63) is 11.8 Å². The summed E-state index contributed by atoms with van der Waals surface area (Å²) in [6.45, 7) is 3.48. The third-order valence-electron chi connectivity index (χ3n) is 8.39. The number of likely N-dealkylation sites (tertiary alicyclic amines) is 1. The first-order valence-corrected chi connectivity index (χ1v) is 9.63. The van der Waals surface area contributed by atoms with Gasteiger partial charge in [0.2, 0.25) is 0 Å². The van der Waals surface area contributed by atoms with Gasteiger partial charge in [-0.3, -0.25) is 4.79 Å². The summed E-state index contributed by atoms with van der Waals surface area (Å²) >= 11 is 0. The van der Waals surface area contributed by atoms with Crippen molar-refractivity contribution in [2.45, 2.75) is 51.9 Å². The van der Waals surface area contributed by atoms with E-state index >= 15 is 0 Å². The Labute approximate surface area is 144 Å². The van der Waals surface area contributed by atoms with E-state index in [1.807, 2.05) is 6.08 Å². The number of carbonyl (C=O) groups excluding carboxylic acids is 1. The fourth-order valence-electron chi connectivity index (χ4n) is 7.18. The standard InChI is InChI=1S/C20H28N2O2/c1-19-5-4-14-15(16(19)7-12(9-19)21-24)11-22(2)18-8-13(23)3-6-20(18)10-17(14)20/h8,14-17,24H,3-7,9-11H2,1-2H3/b21-12+/t14?,15?,16?,17-,19-,20+/m1/s1. The molecule has 4 fully saturated rings. The summed E-state index contributed by atoms with van der Waals surface area (Å²) in [5.74, 6) is 3.21. The van der Waals surface area contributed by atoms with Gasteiger partial charge in [-0.25, -0.2) is 0 Å². The lowest BCUT2D eigenvalue weighted by Gasteiger charge is -2.47. The van der Waals surface area contributed by atoms with Crippen molar-refractivity contribution >= 4 is 11.5 Å². The summed E-state index contributed by atoms with van der Waals surface area (Å²) in [5, 5.41) is 12.9. The minimum absolute atomic E-state index is 0.311. The minimum atomic E-state index is 0.311. The average Bonchev–Trinajstić information content (AvgIpc) is 3.16. The second kappa shape index (κ2) is 4.64. The fourth-order valence-corrected chi connectivity index (χ4v) is 7.18. The normalized spacial score (nSPS) is 51.2. The highest BCUT2D eigenvalue weighted by Crippen LogP contribution is 2.71. The summed E-state index contributed by atoms with van der Waals surface area (Å²) in [6, 6.07) is 0. The maximum atomic E-state index is 12.0. The van der Waals surface area contributed by atoms with Crippen LogP contribution in [0.2, 0.25) is 0 Å². The Hall–Kier alpha value is -1.32. The van der Waals surface area contributed by atoms with Crippen LogP contribution in [0.4, 0.5) is 0 Å². The first-order chi connectivity index (χ1) is 11.5. The lowest BCUT2D eigenvalue weighted by Crippen LogP contribution is -2.43. The molecule has 1 N–H and O–H groups in total. The smallest absolute Gasteiger partial charge is 0.157 e. The van der Waals surface area contributed by atoms with Gasteiger partial charge in [-0.05, 0) is 67.6 Å². The molecule has 5 rings (SSSR count). The highest BCUT2D eigenvalue weighted by atomic mass is 16.4. The lowest BCUT2D eigenvalue weighted by molar-refractivity contribution is -0.115. The third-order valence-corrected chi connectivity index (χ3v) is 8.39. The van der Waals surface area contributed by atoms with E-state index in [1.54, 1.807) is 0 Å². The number of oxime groups is 1. The monoisotopic (exact) mass is 328 g/mol. The molecule has 130 valence electrons. The topological polar surface area (TPSA) is 52.9 Å². The number of carbonyl (C=O) groups is 1. The zero-order valence-corrected chi connectivity index (χ0v) is 14.8. The van der Waals surface area contributed by atoms with Crippen molar-refractivity contribution in [3.63, 3.8) is 0 Å². The van der Waals surface area contributed by atoms with E-state index in [2.05, 4.69) is 24.0 Å². The van der Waals surface area contributed by atoms with Gasteiger partial charge < -0.3 is 10.1 Å². The molecule has 0 aromatic rings. The Kier molecular flexibility index (Phi) is 2.90. The predicted octanol–water partition coefficient (Wildman–Crippen LogP) is 3.46. The summed E-state index contributed by atoms with van der Waals surface area (Å²) in [7, 11) is 2.20. The fraction of sp³-hybridized carbons (Fsp3) is 0.800. The second-order valence-electron chi connectivity index (χ2n) is 9.52. The molecule has 4 aliphatic carbocycles. The molecule has 4 nitrogen and oxygen atoms in total. The number of hydrogen-bond donors (Lipinski definition) is 1. The average molecular weight is 328 g/mol. The molecular weight excluding hydrogens is 300 g/mol. The number of ketones is 1. The van der Waals surface area contributed by atoms with Gasteiger partial charge in [0.05, 0.1) is 5.71 Å². The number of nitrogens with zero attached hydrogens (tertiary/aromatic N) is 2. The summed E-state index contributed by atoms with van der Waals surface area (Å²) in [4.78, 5) is 14.4.